The fourth-order valence-electron chi connectivity index (χ4n) is 2.20. The van der Waals surface area contributed by atoms with Crippen LogP contribution in [-0.4, -0.2) is 13.0 Å². The molecule has 0 aromatic heterocycles. The fourth-order valence-corrected chi connectivity index (χ4v) is 2.20. The van der Waals surface area contributed by atoms with Crippen molar-refractivity contribution >= 4 is 23.2 Å². The molecule has 2 aromatic rings. The Morgan fingerprint density at radius 2 is 2.05 bits per heavy atom. The van der Waals surface area contributed by atoms with Crippen LogP contribution in [0.15, 0.2) is 42.5 Å². The molecule has 3 nitrogen and oxygen atoms in total. The summed E-state index contributed by atoms with van der Waals surface area (Å²) in [5, 5.41) is 2.78. The van der Waals surface area contributed by atoms with Crippen molar-refractivity contribution in [2.75, 3.05) is 12.4 Å². The van der Waals surface area contributed by atoms with Crippen molar-refractivity contribution in [3.8, 4) is 5.75 Å². The topological polar surface area (TPSA) is 38.3 Å². The molecular formula is C16H12FNO2. The molecule has 0 saturated heterocycles. The second-order valence-corrected chi connectivity index (χ2v) is 4.48. The molecule has 1 aliphatic rings. The average Bonchev–Trinajstić information content (AvgIpc) is 2.74. The molecule has 0 atom stereocenters. The maximum Gasteiger partial charge on any atom is 0.256 e. The van der Waals surface area contributed by atoms with Crippen LogP contribution < -0.4 is 10.1 Å². The number of ether oxygens (including phenoxy) is 1. The van der Waals surface area contributed by atoms with Crippen LogP contribution in [0.5, 0.6) is 5.75 Å². The average molecular weight is 269 g/mol. The van der Waals surface area contributed by atoms with Gasteiger partial charge in [0.15, 0.2) is 0 Å². The Hall–Kier alpha value is -2.62. The van der Waals surface area contributed by atoms with Gasteiger partial charge in [-0.15, -0.1) is 0 Å². The number of benzene rings is 2. The van der Waals surface area contributed by atoms with Gasteiger partial charge in [0.05, 0.1) is 7.11 Å². The first-order valence-corrected chi connectivity index (χ1v) is 6.14. The van der Waals surface area contributed by atoms with E-state index in [-0.39, 0.29) is 11.7 Å². The van der Waals surface area contributed by atoms with Gasteiger partial charge in [-0.1, -0.05) is 12.1 Å². The largest absolute Gasteiger partial charge is 0.497 e. The second kappa shape index (κ2) is 4.81. The summed E-state index contributed by atoms with van der Waals surface area (Å²) in [7, 11) is 1.57. The first kappa shape index (κ1) is 12.4. The molecule has 1 N–H and O–H groups in total. The van der Waals surface area contributed by atoms with Crippen molar-refractivity contribution in [1.82, 2.24) is 0 Å². The van der Waals surface area contributed by atoms with Crippen LogP contribution in [0, 0.1) is 5.82 Å². The normalized spacial score (nSPS) is 15.1. The number of hydrogen-bond acceptors (Lipinski definition) is 2. The van der Waals surface area contributed by atoms with E-state index in [0.29, 0.717) is 16.9 Å². The lowest BCUT2D eigenvalue weighted by Gasteiger charge is -2.03. The Morgan fingerprint density at radius 3 is 2.80 bits per heavy atom. The minimum atomic E-state index is -0.330. The number of carbonyl (C=O) groups is 1. The third kappa shape index (κ3) is 2.16. The summed E-state index contributed by atoms with van der Waals surface area (Å²) in [4.78, 5) is 12.0. The molecular weight excluding hydrogens is 257 g/mol. The molecule has 1 amide bonds. The van der Waals surface area contributed by atoms with E-state index < -0.39 is 0 Å². The van der Waals surface area contributed by atoms with Gasteiger partial charge in [-0.3, -0.25) is 4.79 Å². The Labute approximate surface area is 115 Å². The number of rotatable bonds is 2. The second-order valence-electron chi connectivity index (χ2n) is 4.48. The highest BCUT2D eigenvalue weighted by Gasteiger charge is 2.24. The predicted molar refractivity (Wildman–Crippen MR) is 75.9 cm³/mol. The lowest BCUT2D eigenvalue weighted by Crippen LogP contribution is -2.03. The first-order valence-electron chi connectivity index (χ1n) is 6.14. The summed E-state index contributed by atoms with van der Waals surface area (Å²) in [5.41, 5.74) is 2.65. The number of halogens is 1. The lowest BCUT2D eigenvalue weighted by molar-refractivity contribution is -0.110. The van der Waals surface area contributed by atoms with E-state index in [1.54, 1.807) is 43.5 Å². The van der Waals surface area contributed by atoms with Crippen LogP contribution in [0.4, 0.5) is 10.1 Å². The summed E-state index contributed by atoms with van der Waals surface area (Å²) in [6.07, 6.45) is 1.67. The highest BCUT2D eigenvalue weighted by molar-refractivity contribution is 6.35. The molecule has 0 bridgehead atoms. The Morgan fingerprint density at radius 1 is 1.20 bits per heavy atom. The molecule has 1 aliphatic heterocycles. The van der Waals surface area contributed by atoms with Gasteiger partial charge in [0, 0.05) is 16.8 Å². The summed E-state index contributed by atoms with van der Waals surface area (Å²) < 4.78 is 18.4. The van der Waals surface area contributed by atoms with Gasteiger partial charge < -0.3 is 10.1 Å². The number of methoxy groups -OCH3 is 1. The minimum Gasteiger partial charge on any atom is -0.497 e. The van der Waals surface area contributed by atoms with E-state index in [1.807, 2.05) is 0 Å². The Bertz CT molecular complexity index is 722. The summed E-state index contributed by atoms with van der Waals surface area (Å²) in [6, 6.07) is 11.5. The number of amides is 1. The zero-order valence-corrected chi connectivity index (χ0v) is 10.8. The Kier molecular flexibility index (Phi) is 2.99. The molecule has 0 unspecified atom stereocenters. The number of hydrogen-bond donors (Lipinski definition) is 1. The number of carbonyl (C=O) groups excluding carboxylic acids is 1. The van der Waals surface area contributed by atoms with E-state index in [4.69, 9.17) is 4.74 Å². The number of nitrogens with one attached hydrogen (secondary N) is 1. The smallest absolute Gasteiger partial charge is 0.256 e. The molecule has 0 aliphatic carbocycles. The maximum atomic E-state index is 13.2. The van der Waals surface area contributed by atoms with Crippen LogP contribution in [0.3, 0.4) is 0 Å². The van der Waals surface area contributed by atoms with E-state index in [0.717, 1.165) is 11.3 Å². The van der Waals surface area contributed by atoms with Crippen molar-refractivity contribution in [3.63, 3.8) is 0 Å². The number of fused-ring (bicyclic) bond motifs is 1. The number of anilines is 1. The monoisotopic (exact) mass is 269 g/mol. The van der Waals surface area contributed by atoms with Gasteiger partial charge in [-0.2, -0.15) is 0 Å². The van der Waals surface area contributed by atoms with Crippen molar-refractivity contribution in [2.45, 2.75) is 0 Å². The van der Waals surface area contributed by atoms with Gasteiger partial charge >= 0.3 is 0 Å². The molecule has 0 saturated carbocycles. The van der Waals surface area contributed by atoms with Crippen molar-refractivity contribution in [1.29, 1.82) is 0 Å². The zero-order valence-electron chi connectivity index (χ0n) is 10.8. The molecule has 0 fully saturated rings. The molecule has 0 spiro atoms. The van der Waals surface area contributed by atoms with Crippen molar-refractivity contribution < 1.29 is 13.9 Å². The lowest BCUT2D eigenvalue weighted by atomic mass is 10.0. The fraction of sp³-hybridized carbons (Fsp3) is 0.0625. The van der Waals surface area contributed by atoms with Gasteiger partial charge in [0.2, 0.25) is 0 Å². The van der Waals surface area contributed by atoms with Crippen LogP contribution in [0.1, 0.15) is 11.1 Å². The van der Waals surface area contributed by atoms with Crippen molar-refractivity contribution in [2.24, 2.45) is 0 Å². The van der Waals surface area contributed by atoms with E-state index in [9.17, 15) is 9.18 Å². The molecule has 1 heterocycles. The first-order chi connectivity index (χ1) is 9.67. The molecule has 4 heteroatoms. The SMILES string of the molecule is COc1ccc2c(c1)/C(=C\c1cccc(F)c1)C(=O)N2. The van der Waals surface area contributed by atoms with Gasteiger partial charge in [0.1, 0.15) is 11.6 Å². The quantitative estimate of drug-likeness (QED) is 0.849. The van der Waals surface area contributed by atoms with Gasteiger partial charge in [-0.25, -0.2) is 4.39 Å². The van der Waals surface area contributed by atoms with Crippen LogP contribution in [0.2, 0.25) is 0 Å². The zero-order chi connectivity index (χ0) is 14.1. The third-order valence-corrected chi connectivity index (χ3v) is 3.17. The summed E-state index contributed by atoms with van der Waals surface area (Å²) in [5.74, 6) is 0.145. The van der Waals surface area contributed by atoms with E-state index in [2.05, 4.69) is 5.32 Å². The summed E-state index contributed by atoms with van der Waals surface area (Å²) in [6.45, 7) is 0. The van der Waals surface area contributed by atoms with E-state index >= 15 is 0 Å². The van der Waals surface area contributed by atoms with Crippen molar-refractivity contribution in [3.05, 3.63) is 59.4 Å². The molecule has 100 valence electrons. The molecule has 3 rings (SSSR count). The Balaban J connectivity index is 2.09. The van der Waals surface area contributed by atoms with Crippen LogP contribution in [0.25, 0.3) is 11.6 Å². The predicted octanol–water partition coefficient (Wildman–Crippen LogP) is 3.33. The minimum absolute atomic E-state index is 0.197. The standard InChI is InChI=1S/C16H12FNO2/c1-20-12-5-6-15-13(9-12)14(16(19)18-15)8-10-3-2-4-11(17)7-10/h2-9H,1H3,(H,18,19)/b14-8+. The van der Waals surface area contributed by atoms with Gasteiger partial charge in [0.25, 0.3) is 5.91 Å². The molecule has 0 radical (unpaired) electrons. The van der Waals surface area contributed by atoms with E-state index in [1.165, 1.54) is 12.1 Å². The van der Waals surface area contributed by atoms with Gasteiger partial charge in [-0.05, 0) is 42.0 Å². The highest BCUT2D eigenvalue weighted by atomic mass is 19.1. The summed E-state index contributed by atoms with van der Waals surface area (Å²) >= 11 is 0. The highest BCUT2D eigenvalue weighted by Crippen LogP contribution is 2.35. The maximum absolute atomic E-state index is 13.2. The van der Waals surface area contributed by atoms with Crippen LogP contribution in [-0.2, 0) is 4.79 Å². The van der Waals surface area contributed by atoms with Crippen LogP contribution >= 0.6 is 0 Å². The third-order valence-electron chi connectivity index (χ3n) is 3.17. The molecule has 2 aromatic carbocycles. The molecule has 20 heavy (non-hydrogen) atoms.